The number of carbonyl (C=O) groups is 1. The van der Waals surface area contributed by atoms with E-state index in [2.05, 4.69) is 29.3 Å². The molecule has 0 saturated carbocycles. The first-order chi connectivity index (χ1) is 8.79. The second kappa shape index (κ2) is 6.55. The fourth-order valence-corrected chi connectivity index (χ4v) is 2.49. The molecular weight excluding hydrogens is 224 g/mol. The zero-order valence-corrected chi connectivity index (χ0v) is 11.1. The van der Waals surface area contributed by atoms with Gasteiger partial charge in [-0.15, -0.1) is 0 Å². The number of rotatable bonds is 5. The molecule has 1 amide bonds. The summed E-state index contributed by atoms with van der Waals surface area (Å²) in [6.07, 6.45) is 3.38. The van der Waals surface area contributed by atoms with Gasteiger partial charge in [-0.1, -0.05) is 37.3 Å². The van der Waals surface area contributed by atoms with E-state index in [0.29, 0.717) is 6.54 Å². The Balaban J connectivity index is 1.87. The van der Waals surface area contributed by atoms with E-state index in [1.165, 1.54) is 18.4 Å². The molecule has 1 atom stereocenters. The van der Waals surface area contributed by atoms with Gasteiger partial charge in [0.15, 0.2) is 0 Å². The van der Waals surface area contributed by atoms with Gasteiger partial charge >= 0.3 is 0 Å². The predicted octanol–water partition coefficient (Wildman–Crippen LogP) is 2.35. The number of hydrogen-bond donors (Lipinski definition) is 1. The van der Waals surface area contributed by atoms with Gasteiger partial charge in [0.2, 0.25) is 5.91 Å². The van der Waals surface area contributed by atoms with Crippen LogP contribution in [0.15, 0.2) is 30.3 Å². The van der Waals surface area contributed by atoms with Crippen molar-refractivity contribution in [2.24, 2.45) is 0 Å². The Morgan fingerprint density at radius 3 is 2.56 bits per heavy atom. The van der Waals surface area contributed by atoms with Gasteiger partial charge in [-0.3, -0.25) is 9.69 Å². The predicted molar refractivity (Wildman–Crippen MR) is 73.3 cm³/mol. The van der Waals surface area contributed by atoms with Gasteiger partial charge in [-0.05, 0) is 37.9 Å². The molecule has 1 N–H and O–H groups in total. The lowest BCUT2D eigenvalue weighted by Gasteiger charge is -2.20. The number of benzene rings is 1. The van der Waals surface area contributed by atoms with Crippen molar-refractivity contribution in [1.29, 1.82) is 0 Å². The molecule has 1 saturated heterocycles. The van der Waals surface area contributed by atoms with E-state index >= 15 is 0 Å². The smallest absolute Gasteiger partial charge is 0.234 e. The summed E-state index contributed by atoms with van der Waals surface area (Å²) >= 11 is 0. The lowest BCUT2D eigenvalue weighted by Crippen LogP contribution is -2.37. The number of carbonyl (C=O) groups excluding carboxylic acids is 1. The van der Waals surface area contributed by atoms with E-state index in [-0.39, 0.29) is 11.9 Å². The van der Waals surface area contributed by atoms with E-state index in [9.17, 15) is 4.79 Å². The maximum absolute atomic E-state index is 12.0. The van der Waals surface area contributed by atoms with Crippen LogP contribution in [0.25, 0.3) is 0 Å². The summed E-state index contributed by atoms with van der Waals surface area (Å²) in [5.41, 5.74) is 1.19. The molecule has 0 aliphatic carbocycles. The van der Waals surface area contributed by atoms with Crippen molar-refractivity contribution in [2.75, 3.05) is 19.6 Å². The van der Waals surface area contributed by atoms with Crippen LogP contribution in [0.3, 0.4) is 0 Å². The maximum atomic E-state index is 12.0. The van der Waals surface area contributed by atoms with Crippen LogP contribution in [0.1, 0.15) is 37.8 Å². The van der Waals surface area contributed by atoms with Crippen LogP contribution in [-0.4, -0.2) is 30.4 Å². The Hall–Kier alpha value is -1.35. The van der Waals surface area contributed by atoms with Crippen molar-refractivity contribution in [1.82, 2.24) is 10.2 Å². The highest BCUT2D eigenvalue weighted by Gasteiger charge is 2.17. The first kappa shape index (κ1) is 13.1. The van der Waals surface area contributed by atoms with Crippen LogP contribution in [0.2, 0.25) is 0 Å². The minimum absolute atomic E-state index is 0.140. The summed E-state index contributed by atoms with van der Waals surface area (Å²) in [6.45, 7) is 4.78. The van der Waals surface area contributed by atoms with Gasteiger partial charge in [0.25, 0.3) is 0 Å². The van der Waals surface area contributed by atoms with E-state index < -0.39 is 0 Å². The molecule has 1 aliphatic heterocycles. The summed E-state index contributed by atoms with van der Waals surface area (Å²) in [6, 6.07) is 10.3. The first-order valence-corrected chi connectivity index (χ1v) is 6.86. The molecule has 1 aliphatic rings. The molecule has 3 heteroatoms. The highest BCUT2D eigenvalue weighted by Crippen LogP contribution is 2.16. The first-order valence-electron chi connectivity index (χ1n) is 6.86. The number of likely N-dealkylation sites (tertiary alicyclic amines) is 1. The van der Waals surface area contributed by atoms with E-state index in [4.69, 9.17) is 0 Å². The third-order valence-electron chi connectivity index (χ3n) is 3.51. The summed E-state index contributed by atoms with van der Waals surface area (Å²) in [4.78, 5) is 14.2. The minimum Gasteiger partial charge on any atom is -0.348 e. The van der Waals surface area contributed by atoms with Gasteiger partial charge in [-0.25, -0.2) is 0 Å². The van der Waals surface area contributed by atoms with Crippen LogP contribution in [0, 0.1) is 0 Å². The molecule has 0 bridgehead atoms. The molecule has 0 aromatic heterocycles. The lowest BCUT2D eigenvalue weighted by atomic mass is 10.0. The highest BCUT2D eigenvalue weighted by molar-refractivity contribution is 5.78. The lowest BCUT2D eigenvalue weighted by molar-refractivity contribution is -0.122. The number of nitrogens with one attached hydrogen (secondary N) is 1. The summed E-state index contributed by atoms with van der Waals surface area (Å²) in [5.74, 6) is 0.146. The molecule has 2 rings (SSSR count). The Kier molecular flexibility index (Phi) is 4.76. The minimum atomic E-state index is 0.140. The molecule has 0 radical (unpaired) electrons. The SMILES string of the molecule is CCC(NC(=O)CN1CCCC1)c1ccccc1. The van der Waals surface area contributed by atoms with Crippen molar-refractivity contribution in [2.45, 2.75) is 32.2 Å². The van der Waals surface area contributed by atoms with E-state index in [1.54, 1.807) is 0 Å². The van der Waals surface area contributed by atoms with Crippen LogP contribution in [0.5, 0.6) is 0 Å². The van der Waals surface area contributed by atoms with Crippen molar-refractivity contribution in [3.05, 3.63) is 35.9 Å². The zero-order valence-electron chi connectivity index (χ0n) is 11.1. The maximum Gasteiger partial charge on any atom is 0.234 e. The van der Waals surface area contributed by atoms with Crippen molar-refractivity contribution in [3.8, 4) is 0 Å². The van der Waals surface area contributed by atoms with Crippen molar-refractivity contribution < 1.29 is 4.79 Å². The summed E-state index contributed by atoms with van der Waals surface area (Å²) in [7, 11) is 0. The number of hydrogen-bond acceptors (Lipinski definition) is 2. The average molecular weight is 246 g/mol. The molecule has 1 aromatic carbocycles. The second-order valence-electron chi connectivity index (χ2n) is 4.92. The highest BCUT2D eigenvalue weighted by atomic mass is 16.2. The molecule has 98 valence electrons. The molecule has 1 aromatic rings. The third-order valence-corrected chi connectivity index (χ3v) is 3.51. The Labute approximate surface area is 109 Å². The largest absolute Gasteiger partial charge is 0.348 e. The van der Waals surface area contributed by atoms with E-state index in [0.717, 1.165) is 19.5 Å². The summed E-state index contributed by atoms with van der Waals surface area (Å²) < 4.78 is 0. The standard InChI is InChI=1S/C15H22N2O/c1-2-14(13-8-4-3-5-9-13)16-15(18)12-17-10-6-7-11-17/h3-5,8-9,14H,2,6-7,10-12H2,1H3,(H,16,18). The Morgan fingerprint density at radius 1 is 1.28 bits per heavy atom. The van der Waals surface area contributed by atoms with Crippen LogP contribution in [-0.2, 0) is 4.79 Å². The topological polar surface area (TPSA) is 32.3 Å². The Bertz CT molecular complexity index is 371. The normalized spacial score (nSPS) is 17.6. The zero-order chi connectivity index (χ0) is 12.8. The van der Waals surface area contributed by atoms with Gasteiger partial charge in [0.05, 0.1) is 12.6 Å². The monoisotopic (exact) mass is 246 g/mol. The number of nitrogens with zero attached hydrogens (tertiary/aromatic N) is 1. The molecule has 1 fully saturated rings. The van der Waals surface area contributed by atoms with Gasteiger partial charge in [0.1, 0.15) is 0 Å². The molecule has 3 nitrogen and oxygen atoms in total. The van der Waals surface area contributed by atoms with Crippen LogP contribution in [0.4, 0.5) is 0 Å². The fraction of sp³-hybridized carbons (Fsp3) is 0.533. The average Bonchev–Trinajstić information content (AvgIpc) is 2.90. The molecular formula is C15H22N2O. The van der Waals surface area contributed by atoms with Gasteiger partial charge in [0, 0.05) is 0 Å². The van der Waals surface area contributed by atoms with E-state index in [1.807, 2.05) is 18.2 Å². The molecule has 1 unspecified atom stereocenters. The van der Waals surface area contributed by atoms with Crippen LogP contribution >= 0.6 is 0 Å². The third kappa shape index (κ3) is 3.57. The Morgan fingerprint density at radius 2 is 1.94 bits per heavy atom. The molecule has 1 heterocycles. The molecule has 0 spiro atoms. The van der Waals surface area contributed by atoms with Crippen LogP contribution < -0.4 is 5.32 Å². The van der Waals surface area contributed by atoms with Crippen molar-refractivity contribution >= 4 is 5.91 Å². The molecule has 18 heavy (non-hydrogen) atoms. The summed E-state index contributed by atoms with van der Waals surface area (Å²) in [5, 5.41) is 3.13. The van der Waals surface area contributed by atoms with Crippen molar-refractivity contribution in [3.63, 3.8) is 0 Å². The quantitative estimate of drug-likeness (QED) is 0.865. The second-order valence-corrected chi connectivity index (χ2v) is 4.92. The van der Waals surface area contributed by atoms with Gasteiger partial charge < -0.3 is 5.32 Å². The number of amides is 1. The van der Waals surface area contributed by atoms with Gasteiger partial charge in [-0.2, -0.15) is 0 Å². The fourth-order valence-electron chi connectivity index (χ4n) is 2.49.